The largest absolute Gasteiger partial charge is 0.326 e. The summed E-state index contributed by atoms with van der Waals surface area (Å²) in [6, 6.07) is 0. The molecule has 0 unspecified atom stereocenters. The molecule has 0 spiro atoms. The summed E-state index contributed by atoms with van der Waals surface area (Å²) in [5, 5.41) is 2.32. The summed E-state index contributed by atoms with van der Waals surface area (Å²) in [4.78, 5) is 36.8. The Hall–Kier alpha value is -1.85. The van der Waals surface area contributed by atoms with Gasteiger partial charge in [0, 0.05) is 12.6 Å². The van der Waals surface area contributed by atoms with Crippen LogP contribution < -0.4 is 16.6 Å². The molecule has 13 heavy (non-hydrogen) atoms. The predicted octanol–water partition coefficient (Wildman–Crippen LogP) is -0.670. The van der Waals surface area contributed by atoms with Crippen molar-refractivity contribution in [3.05, 3.63) is 26.5 Å². The van der Waals surface area contributed by atoms with Crippen molar-refractivity contribution in [1.82, 2.24) is 9.97 Å². The topological polar surface area (TPSA) is 94.8 Å². The van der Waals surface area contributed by atoms with Crippen molar-refractivity contribution in [2.45, 2.75) is 13.8 Å². The van der Waals surface area contributed by atoms with E-state index in [1.807, 2.05) is 4.98 Å². The SMILES string of the molecule is CC(=O)Nc1c(C)[nH]c(=O)[nH]c1=O. The van der Waals surface area contributed by atoms with Crippen LogP contribution in [0.3, 0.4) is 0 Å². The Kier molecular flexibility index (Phi) is 2.32. The molecular formula is C7H9N3O3. The van der Waals surface area contributed by atoms with Crippen LogP contribution in [-0.4, -0.2) is 15.9 Å². The highest BCUT2D eigenvalue weighted by molar-refractivity contribution is 5.88. The Morgan fingerprint density at radius 1 is 1.31 bits per heavy atom. The van der Waals surface area contributed by atoms with Gasteiger partial charge in [-0.05, 0) is 6.92 Å². The van der Waals surface area contributed by atoms with Gasteiger partial charge in [-0.3, -0.25) is 14.6 Å². The third kappa shape index (κ3) is 2.05. The lowest BCUT2D eigenvalue weighted by Gasteiger charge is -2.02. The lowest BCUT2D eigenvalue weighted by Crippen LogP contribution is -2.27. The number of H-pyrrole nitrogens is 2. The molecule has 0 aliphatic carbocycles. The number of carbonyl (C=O) groups is 1. The first-order valence-electron chi connectivity index (χ1n) is 3.61. The molecule has 6 heteroatoms. The van der Waals surface area contributed by atoms with E-state index in [9.17, 15) is 14.4 Å². The van der Waals surface area contributed by atoms with E-state index in [-0.39, 0.29) is 11.6 Å². The van der Waals surface area contributed by atoms with Crippen LogP contribution in [0, 0.1) is 6.92 Å². The first-order valence-corrected chi connectivity index (χ1v) is 3.61. The standard InChI is InChI=1S/C7H9N3O3/c1-3-5(9-4(2)11)6(12)10-7(13)8-3/h1-2H3,(H,9,11)(H2,8,10,12,13). The minimum atomic E-state index is -0.601. The molecule has 0 aliphatic rings. The fourth-order valence-corrected chi connectivity index (χ4v) is 0.927. The number of aromatic amines is 2. The van der Waals surface area contributed by atoms with Crippen LogP contribution in [0.15, 0.2) is 9.59 Å². The van der Waals surface area contributed by atoms with Gasteiger partial charge in [0.25, 0.3) is 5.56 Å². The molecule has 70 valence electrons. The van der Waals surface area contributed by atoms with E-state index in [1.54, 1.807) is 0 Å². The number of hydrogen-bond donors (Lipinski definition) is 3. The van der Waals surface area contributed by atoms with Crippen LogP contribution >= 0.6 is 0 Å². The van der Waals surface area contributed by atoms with E-state index in [0.717, 1.165) is 0 Å². The van der Waals surface area contributed by atoms with Gasteiger partial charge >= 0.3 is 5.69 Å². The highest BCUT2D eigenvalue weighted by atomic mass is 16.2. The minimum Gasteiger partial charge on any atom is -0.320 e. The first kappa shape index (κ1) is 9.24. The lowest BCUT2D eigenvalue weighted by molar-refractivity contribution is -0.114. The molecule has 3 N–H and O–H groups in total. The summed E-state index contributed by atoms with van der Waals surface area (Å²) >= 11 is 0. The second kappa shape index (κ2) is 3.26. The van der Waals surface area contributed by atoms with Gasteiger partial charge in [-0.2, -0.15) is 0 Å². The molecule has 0 aliphatic heterocycles. The molecule has 0 saturated carbocycles. The van der Waals surface area contributed by atoms with Gasteiger partial charge in [0.15, 0.2) is 0 Å². The van der Waals surface area contributed by atoms with E-state index in [0.29, 0.717) is 5.69 Å². The lowest BCUT2D eigenvalue weighted by atomic mass is 10.3. The van der Waals surface area contributed by atoms with Crippen LogP contribution in [0.1, 0.15) is 12.6 Å². The molecule has 1 heterocycles. The van der Waals surface area contributed by atoms with E-state index < -0.39 is 11.2 Å². The summed E-state index contributed by atoms with van der Waals surface area (Å²) < 4.78 is 0. The number of aryl methyl sites for hydroxylation is 1. The van der Waals surface area contributed by atoms with E-state index in [1.165, 1.54) is 13.8 Å². The smallest absolute Gasteiger partial charge is 0.320 e. The molecule has 1 aromatic rings. The molecular weight excluding hydrogens is 174 g/mol. The van der Waals surface area contributed by atoms with Gasteiger partial charge in [-0.15, -0.1) is 0 Å². The van der Waals surface area contributed by atoms with E-state index in [2.05, 4.69) is 10.3 Å². The highest BCUT2D eigenvalue weighted by Crippen LogP contribution is 2.00. The van der Waals surface area contributed by atoms with Crippen molar-refractivity contribution in [3.63, 3.8) is 0 Å². The maximum Gasteiger partial charge on any atom is 0.326 e. The number of amides is 1. The average Bonchev–Trinajstić information content (AvgIpc) is 1.96. The second-order valence-electron chi connectivity index (χ2n) is 2.59. The quantitative estimate of drug-likeness (QED) is 0.538. The molecule has 0 atom stereocenters. The summed E-state index contributed by atoms with van der Waals surface area (Å²) in [5.41, 5.74) is -0.774. The molecule has 0 aromatic carbocycles. The highest BCUT2D eigenvalue weighted by Gasteiger charge is 2.05. The zero-order chi connectivity index (χ0) is 10.0. The maximum atomic E-state index is 11.1. The Morgan fingerprint density at radius 3 is 2.38 bits per heavy atom. The number of aromatic nitrogens is 2. The Balaban J connectivity index is 3.29. The van der Waals surface area contributed by atoms with Gasteiger partial charge in [0.1, 0.15) is 5.69 Å². The molecule has 1 rings (SSSR count). The second-order valence-corrected chi connectivity index (χ2v) is 2.59. The third-order valence-corrected chi connectivity index (χ3v) is 1.43. The molecule has 6 nitrogen and oxygen atoms in total. The fourth-order valence-electron chi connectivity index (χ4n) is 0.927. The molecule has 0 radical (unpaired) electrons. The zero-order valence-corrected chi connectivity index (χ0v) is 7.22. The van der Waals surface area contributed by atoms with Crippen molar-refractivity contribution in [2.24, 2.45) is 0 Å². The van der Waals surface area contributed by atoms with Crippen LogP contribution in [0.25, 0.3) is 0 Å². The van der Waals surface area contributed by atoms with Gasteiger partial charge in [0.2, 0.25) is 5.91 Å². The van der Waals surface area contributed by atoms with Crippen LogP contribution in [0.5, 0.6) is 0 Å². The molecule has 0 saturated heterocycles. The Bertz CT molecular complexity index is 443. The van der Waals surface area contributed by atoms with Gasteiger partial charge in [0.05, 0.1) is 0 Å². The minimum absolute atomic E-state index is 0.0760. The fraction of sp³-hybridized carbons (Fsp3) is 0.286. The number of carbonyl (C=O) groups excluding carboxylic acids is 1. The van der Waals surface area contributed by atoms with E-state index >= 15 is 0 Å². The van der Waals surface area contributed by atoms with Crippen molar-refractivity contribution in [2.75, 3.05) is 5.32 Å². The number of anilines is 1. The van der Waals surface area contributed by atoms with Crippen molar-refractivity contribution >= 4 is 11.6 Å². The number of nitrogens with one attached hydrogen (secondary N) is 3. The summed E-state index contributed by atoms with van der Waals surface area (Å²) in [5.74, 6) is -0.361. The van der Waals surface area contributed by atoms with Crippen LogP contribution in [-0.2, 0) is 4.79 Å². The summed E-state index contributed by atoms with van der Waals surface area (Å²) in [7, 11) is 0. The average molecular weight is 183 g/mol. The molecule has 1 amide bonds. The number of rotatable bonds is 1. The first-order chi connectivity index (χ1) is 6.00. The third-order valence-electron chi connectivity index (χ3n) is 1.43. The van der Waals surface area contributed by atoms with Crippen LogP contribution in [0.2, 0.25) is 0 Å². The number of hydrogen-bond acceptors (Lipinski definition) is 3. The van der Waals surface area contributed by atoms with E-state index in [4.69, 9.17) is 0 Å². The monoisotopic (exact) mass is 183 g/mol. The maximum absolute atomic E-state index is 11.1. The van der Waals surface area contributed by atoms with Gasteiger partial charge < -0.3 is 10.3 Å². The van der Waals surface area contributed by atoms with Crippen molar-refractivity contribution < 1.29 is 4.79 Å². The molecule has 0 fully saturated rings. The van der Waals surface area contributed by atoms with Crippen molar-refractivity contribution in [1.29, 1.82) is 0 Å². The zero-order valence-electron chi connectivity index (χ0n) is 7.22. The molecule has 1 aromatic heterocycles. The molecule has 0 bridgehead atoms. The Morgan fingerprint density at radius 2 is 1.92 bits per heavy atom. The summed E-state index contributed by atoms with van der Waals surface area (Å²) in [6.45, 7) is 2.81. The summed E-state index contributed by atoms with van der Waals surface area (Å²) in [6.07, 6.45) is 0. The van der Waals surface area contributed by atoms with Gasteiger partial charge in [-0.1, -0.05) is 0 Å². The predicted molar refractivity (Wildman–Crippen MR) is 46.7 cm³/mol. The van der Waals surface area contributed by atoms with Crippen molar-refractivity contribution in [3.8, 4) is 0 Å². The Labute approximate surface area is 73.0 Å². The normalized spacial score (nSPS) is 9.69. The van der Waals surface area contributed by atoms with Crippen LogP contribution in [0.4, 0.5) is 5.69 Å². The van der Waals surface area contributed by atoms with Gasteiger partial charge in [-0.25, -0.2) is 4.79 Å².